The molecule has 0 bridgehead atoms. The van der Waals surface area contributed by atoms with Crippen molar-refractivity contribution in [3.63, 3.8) is 0 Å². The van der Waals surface area contributed by atoms with Gasteiger partial charge in [-0.3, -0.25) is 14.6 Å². The number of hydrogen-bond donors (Lipinski definition) is 1. The van der Waals surface area contributed by atoms with Gasteiger partial charge in [-0.25, -0.2) is 4.98 Å². The summed E-state index contributed by atoms with van der Waals surface area (Å²) in [6, 6.07) is 18.1. The van der Waals surface area contributed by atoms with Crippen molar-refractivity contribution in [1.82, 2.24) is 20.1 Å². The molecule has 7 nitrogen and oxygen atoms in total. The molecule has 0 spiro atoms. The van der Waals surface area contributed by atoms with Gasteiger partial charge in [-0.2, -0.15) is 0 Å². The molecule has 1 aromatic heterocycles. The highest BCUT2D eigenvalue weighted by atomic mass is 35.5. The lowest BCUT2D eigenvalue weighted by Gasteiger charge is -2.43. The van der Waals surface area contributed by atoms with E-state index in [2.05, 4.69) is 37.1 Å². The van der Waals surface area contributed by atoms with E-state index in [0.717, 1.165) is 62.9 Å². The van der Waals surface area contributed by atoms with Crippen molar-refractivity contribution in [3.05, 3.63) is 87.5 Å². The predicted molar refractivity (Wildman–Crippen MR) is 157 cm³/mol. The number of methoxy groups -OCH3 is 1. The summed E-state index contributed by atoms with van der Waals surface area (Å²) in [6.45, 7) is 7.37. The number of pyridine rings is 1. The number of carbonyl (C=O) groups excluding carboxylic acids is 1. The zero-order valence-electron chi connectivity index (χ0n) is 22.3. The highest BCUT2D eigenvalue weighted by molar-refractivity contribution is 6.33. The van der Waals surface area contributed by atoms with E-state index in [1.165, 1.54) is 18.4 Å². The Morgan fingerprint density at radius 2 is 1.62 bits per heavy atom. The van der Waals surface area contributed by atoms with Gasteiger partial charge < -0.3 is 15.0 Å². The molecular weight excluding hydrogens is 533 g/mol. The number of hydrogen-bond acceptors (Lipinski definition) is 6. The Morgan fingerprint density at radius 1 is 0.949 bits per heavy atom. The van der Waals surface area contributed by atoms with Crippen LogP contribution in [0.2, 0.25) is 10.0 Å². The van der Waals surface area contributed by atoms with Gasteiger partial charge in [0.2, 0.25) is 0 Å². The maximum atomic E-state index is 12.6. The van der Waals surface area contributed by atoms with E-state index in [1.54, 1.807) is 19.4 Å². The number of piperidine rings is 1. The normalized spacial score (nSPS) is 17.3. The Labute approximate surface area is 240 Å². The molecule has 0 radical (unpaired) electrons. The number of halogens is 2. The van der Waals surface area contributed by atoms with Crippen molar-refractivity contribution < 1.29 is 9.53 Å². The summed E-state index contributed by atoms with van der Waals surface area (Å²) in [7, 11) is 1.70. The number of piperazine rings is 1. The minimum absolute atomic E-state index is 0.200. The summed E-state index contributed by atoms with van der Waals surface area (Å²) >= 11 is 12.5. The Hall–Kier alpha value is -2.84. The first-order valence-electron chi connectivity index (χ1n) is 13.5. The highest BCUT2D eigenvalue weighted by Gasteiger charge is 2.28. The number of amides is 1. The minimum Gasteiger partial charge on any atom is -0.497 e. The zero-order chi connectivity index (χ0) is 27.2. The SMILES string of the molecule is COc1ccc(CN2CCC(N3CCN(c4ncc(C(=O)NCc5ccc(Cl)cc5)cc4Cl)CC3)CC2)cc1. The van der Waals surface area contributed by atoms with E-state index >= 15 is 0 Å². The average molecular weight is 569 g/mol. The van der Waals surface area contributed by atoms with Crippen LogP contribution < -0.4 is 15.0 Å². The Morgan fingerprint density at radius 3 is 2.26 bits per heavy atom. The Bertz CT molecular complexity index is 1240. The van der Waals surface area contributed by atoms with Gasteiger partial charge >= 0.3 is 0 Å². The largest absolute Gasteiger partial charge is 0.497 e. The second-order valence-electron chi connectivity index (χ2n) is 10.2. The molecule has 1 amide bonds. The molecule has 2 aromatic carbocycles. The quantitative estimate of drug-likeness (QED) is 0.408. The molecule has 0 aliphatic carbocycles. The molecule has 2 saturated heterocycles. The maximum Gasteiger partial charge on any atom is 0.253 e. The lowest BCUT2D eigenvalue weighted by atomic mass is 10.0. The minimum atomic E-state index is -0.200. The van der Waals surface area contributed by atoms with Gasteiger partial charge in [-0.1, -0.05) is 47.5 Å². The molecule has 206 valence electrons. The molecule has 2 aliphatic rings. The van der Waals surface area contributed by atoms with E-state index in [0.29, 0.717) is 28.2 Å². The number of aromatic nitrogens is 1. The van der Waals surface area contributed by atoms with Crippen molar-refractivity contribution in [1.29, 1.82) is 0 Å². The molecule has 1 N–H and O–H groups in total. The molecule has 3 heterocycles. The van der Waals surface area contributed by atoms with Gasteiger partial charge in [-0.05, 0) is 67.4 Å². The first-order valence-corrected chi connectivity index (χ1v) is 14.3. The van der Waals surface area contributed by atoms with Crippen molar-refractivity contribution in [2.45, 2.75) is 32.0 Å². The molecule has 5 rings (SSSR count). The van der Waals surface area contributed by atoms with Gasteiger partial charge in [0.15, 0.2) is 0 Å². The Balaban J connectivity index is 1.07. The number of likely N-dealkylation sites (tertiary alicyclic amines) is 1. The van der Waals surface area contributed by atoms with E-state index in [1.807, 2.05) is 36.4 Å². The maximum absolute atomic E-state index is 12.6. The van der Waals surface area contributed by atoms with Crippen LogP contribution >= 0.6 is 23.2 Å². The fourth-order valence-electron chi connectivity index (χ4n) is 5.40. The van der Waals surface area contributed by atoms with Crippen LogP contribution in [0.3, 0.4) is 0 Å². The summed E-state index contributed by atoms with van der Waals surface area (Å²) in [5, 5.41) is 4.09. The third-order valence-electron chi connectivity index (χ3n) is 7.70. The highest BCUT2D eigenvalue weighted by Crippen LogP contribution is 2.27. The molecule has 0 unspecified atom stereocenters. The van der Waals surface area contributed by atoms with E-state index in [-0.39, 0.29) is 5.91 Å². The number of ether oxygens (including phenoxy) is 1. The lowest BCUT2D eigenvalue weighted by Crippen LogP contribution is -2.53. The summed E-state index contributed by atoms with van der Waals surface area (Å²) in [4.78, 5) is 24.6. The van der Waals surface area contributed by atoms with Crippen LogP contribution in [0, 0.1) is 0 Å². The molecule has 2 fully saturated rings. The summed E-state index contributed by atoms with van der Waals surface area (Å²) < 4.78 is 5.27. The monoisotopic (exact) mass is 567 g/mol. The molecule has 39 heavy (non-hydrogen) atoms. The zero-order valence-corrected chi connectivity index (χ0v) is 23.8. The average Bonchev–Trinajstić information content (AvgIpc) is 2.97. The third kappa shape index (κ3) is 7.22. The van der Waals surface area contributed by atoms with Crippen LogP contribution in [0.1, 0.15) is 34.3 Å². The smallest absolute Gasteiger partial charge is 0.253 e. The topological polar surface area (TPSA) is 60.9 Å². The standard InChI is InChI=1S/C30H35Cl2N5O2/c1-39-27-8-4-23(5-9-27)21-35-12-10-26(11-13-35)36-14-16-37(17-15-36)29-28(32)18-24(20-33-29)30(38)34-19-22-2-6-25(31)7-3-22/h2-9,18,20,26H,10-17,19,21H2,1H3,(H,34,38). The van der Waals surface area contributed by atoms with Crippen LogP contribution in [0.5, 0.6) is 5.75 Å². The Kier molecular flexibility index (Phi) is 9.24. The number of nitrogens with one attached hydrogen (secondary N) is 1. The van der Waals surface area contributed by atoms with E-state index in [9.17, 15) is 4.79 Å². The van der Waals surface area contributed by atoms with Crippen LogP contribution in [0.25, 0.3) is 0 Å². The first-order chi connectivity index (χ1) is 19.0. The van der Waals surface area contributed by atoms with Crippen molar-refractivity contribution >= 4 is 34.9 Å². The molecular formula is C30H35Cl2N5O2. The van der Waals surface area contributed by atoms with Gasteiger partial charge in [0.05, 0.1) is 17.7 Å². The number of carbonyl (C=O) groups is 1. The van der Waals surface area contributed by atoms with Gasteiger partial charge in [0, 0.05) is 56.5 Å². The van der Waals surface area contributed by atoms with Gasteiger partial charge in [0.25, 0.3) is 5.91 Å². The van der Waals surface area contributed by atoms with Crippen molar-refractivity contribution in [3.8, 4) is 5.75 Å². The predicted octanol–water partition coefficient (Wildman–Crippen LogP) is 5.11. The van der Waals surface area contributed by atoms with Gasteiger partial charge in [0.1, 0.15) is 11.6 Å². The summed E-state index contributed by atoms with van der Waals surface area (Å²) in [6.07, 6.45) is 3.99. The number of benzene rings is 2. The van der Waals surface area contributed by atoms with E-state index < -0.39 is 0 Å². The molecule has 3 aromatic rings. The van der Waals surface area contributed by atoms with Crippen LogP contribution in [0.4, 0.5) is 5.82 Å². The van der Waals surface area contributed by atoms with Crippen molar-refractivity contribution in [2.24, 2.45) is 0 Å². The second kappa shape index (κ2) is 13.0. The van der Waals surface area contributed by atoms with Gasteiger partial charge in [-0.15, -0.1) is 0 Å². The van der Waals surface area contributed by atoms with Crippen molar-refractivity contribution in [2.75, 3.05) is 51.3 Å². The van der Waals surface area contributed by atoms with Crippen LogP contribution in [-0.4, -0.2) is 73.1 Å². The second-order valence-corrected chi connectivity index (χ2v) is 11.1. The molecule has 0 atom stereocenters. The number of rotatable bonds is 8. The fourth-order valence-corrected chi connectivity index (χ4v) is 5.82. The van der Waals surface area contributed by atoms with Crippen LogP contribution in [0.15, 0.2) is 60.8 Å². The number of nitrogens with zero attached hydrogens (tertiary/aromatic N) is 4. The fraction of sp³-hybridized carbons (Fsp3) is 0.400. The lowest BCUT2D eigenvalue weighted by molar-refractivity contribution is 0.0950. The number of anilines is 1. The summed E-state index contributed by atoms with van der Waals surface area (Å²) in [5.41, 5.74) is 2.76. The molecule has 2 aliphatic heterocycles. The first kappa shape index (κ1) is 27.7. The summed E-state index contributed by atoms with van der Waals surface area (Å²) in [5.74, 6) is 1.45. The molecule has 9 heteroatoms. The van der Waals surface area contributed by atoms with Crippen LogP contribution in [-0.2, 0) is 13.1 Å². The third-order valence-corrected chi connectivity index (χ3v) is 8.23. The molecule has 0 saturated carbocycles. The van der Waals surface area contributed by atoms with E-state index in [4.69, 9.17) is 27.9 Å².